The Morgan fingerprint density at radius 1 is 1.33 bits per heavy atom. The maximum Gasteiger partial charge on any atom is 0.397 e. The Labute approximate surface area is 153 Å². The van der Waals surface area contributed by atoms with E-state index in [1.54, 1.807) is 18.6 Å². The average molecular weight is 376 g/mol. The number of rotatable bonds is 2. The first-order valence-corrected chi connectivity index (χ1v) is 8.89. The molecule has 0 saturated carbocycles. The summed E-state index contributed by atoms with van der Waals surface area (Å²) < 4.78 is 37.9. The first-order valence-electron chi connectivity index (χ1n) is 8.89. The highest BCUT2D eigenvalue weighted by Gasteiger charge is 2.37. The fraction of sp³-hybridized carbons (Fsp3) is 0.421. The summed E-state index contributed by atoms with van der Waals surface area (Å²) in [6.45, 7) is 2.72. The fourth-order valence-corrected chi connectivity index (χ4v) is 3.97. The predicted molar refractivity (Wildman–Crippen MR) is 95.2 cm³/mol. The zero-order valence-corrected chi connectivity index (χ0v) is 14.8. The number of carbonyl (C=O) groups is 1. The quantitative estimate of drug-likeness (QED) is 0.735. The van der Waals surface area contributed by atoms with Crippen molar-refractivity contribution >= 4 is 27.8 Å². The molecule has 4 rings (SSSR count). The van der Waals surface area contributed by atoms with E-state index in [0.29, 0.717) is 13.0 Å². The van der Waals surface area contributed by atoms with Crippen LogP contribution in [-0.2, 0) is 4.79 Å². The van der Waals surface area contributed by atoms with E-state index in [9.17, 15) is 18.0 Å². The molecule has 3 aromatic rings. The van der Waals surface area contributed by atoms with Crippen molar-refractivity contribution in [2.75, 3.05) is 13.1 Å². The van der Waals surface area contributed by atoms with Crippen LogP contribution in [0.25, 0.3) is 21.9 Å². The zero-order valence-electron chi connectivity index (χ0n) is 14.8. The average Bonchev–Trinajstić information content (AvgIpc) is 3.09. The van der Waals surface area contributed by atoms with Crippen LogP contribution in [0, 0.1) is 5.92 Å². The number of aromatic amines is 1. The molecule has 1 aliphatic heterocycles. The second-order valence-corrected chi connectivity index (χ2v) is 7.16. The molecule has 2 unspecified atom stereocenters. The van der Waals surface area contributed by atoms with Crippen molar-refractivity contribution in [3.8, 4) is 0 Å². The third kappa shape index (κ3) is 3.36. The van der Waals surface area contributed by atoms with Gasteiger partial charge in [-0.1, -0.05) is 6.92 Å². The zero-order chi connectivity index (χ0) is 19.2. The minimum absolute atomic E-state index is 0.0538. The van der Waals surface area contributed by atoms with Gasteiger partial charge in [-0.05, 0) is 30.0 Å². The smallest absolute Gasteiger partial charge is 0.346 e. The van der Waals surface area contributed by atoms with Crippen LogP contribution in [0.3, 0.4) is 0 Å². The highest BCUT2D eigenvalue weighted by atomic mass is 19.4. The summed E-state index contributed by atoms with van der Waals surface area (Å²) in [4.78, 5) is 25.3. The Hall–Kier alpha value is -2.64. The van der Waals surface area contributed by atoms with Gasteiger partial charge in [0.15, 0.2) is 0 Å². The molecule has 3 aromatic heterocycles. The lowest BCUT2D eigenvalue weighted by Gasteiger charge is -2.38. The van der Waals surface area contributed by atoms with E-state index in [4.69, 9.17) is 0 Å². The van der Waals surface area contributed by atoms with Gasteiger partial charge in [-0.25, -0.2) is 4.98 Å². The molecule has 0 aromatic carbocycles. The number of alkyl halides is 3. The van der Waals surface area contributed by atoms with Crippen molar-refractivity contribution < 1.29 is 18.0 Å². The van der Waals surface area contributed by atoms with Gasteiger partial charge < -0.3 is 9.88 Å². The Morgan fingerprint density at radius 3 is 2.93 bits per heavy atom. The molecule has 0 bridgehead atoms. The molecule has 142 valence electrons. The van der Waals surface area contributed by atoms with Crippen molar-refractivity contribution in [2.45, 2.75) is 31.9 Å². The van der Waals surface area contributed by atoms with Crippen LogP contribution in [0.2, 0.25) is 0 Å². The number of aromatic nitrogens is 3. The molecule has 1 amide bonds. The molecule has 8 heteroatoms. The van der Waals surface area contributed by atoms with Crippen LogP contribution in [0.4, 0.5) is 13.2 Å². The second kappa shape index (κ2) is 6.51. The number of likely N-dealkylation sites (tertiary alicyclic amines) is 1. The van der Waals surface area contributed by atoms with Gasteiger partial charge in [0.1, 0.15) is 12.1 Å². The number of pyridine rings is 2. The van der Waals surface area contributed by atoms with Crippen molar-refractivity contribution in [1.82, 2.24) is 19.9 Å². The fourth-order valence-electron chi connectivity index (χ4n) is 3.97. The highest BCUT2D eigenvalue weighted by molar-refractivity contribution is 6.05. The molecular weight excluding hydrogens is 357 g/mol. The Bertz CT molecular complexity index is 997. The summed E-state index contributed by atoms with van der Waals surface area (Å²) in [5, 5.41) is 1.88. The number of nitrogens with zero attached hydrogens (tertiary/aromatic N) is 3. The summed E-state index contributed by atoms with van der Waals surface area (Å²) in [5.41, 5.74) is 2.49. The van der Waals surface area contributed by atoms with Crippen molar-refractivity contribution in [1.29, 1.82) is 0 Å². The second-order valence-electron chi connectivity index (χ2n) is 7.16. The summed E-state index contributed by atoms with van der Waals surface area (Å²) in [6, 6.07) is 3.84. The van der Waals surface area contributed by atoms with E-state index in [1.165, 1.54) is 4.90 Å². The van der Waals surface area contributed by atoms with Gasteiger partial charge >= 0.3 is 6.18 Å². The molecule has 27 heavy (non-hydrogen) atoms. The topological polar surface area (TPSA) is 61.9 Å². The van der Waals surface area contributed by atoms with Crippen LogP contribution in [0.5, 0.6) is 0 Å². The number of hydrogen-bond donors (Lipinski definition) is 1. The van der Waals surface area contributed by atoms with Gasteiger partial charge in [0, 0.05) is 42.2 Å². The third-order valence-electron chi connectivity index (χ3n) is 5.39. The third-order valence-corrected chi connectivity index (χ3v) is 5.39. The first-order chi connectivity index (χ1) is 12.8. The van der Waals surface area contributed by atoms with Gasteiger partial charge in [-0.15, -0.1) is 0 Å². The lowest BCUT2D eigenvalue weighted by Crippen LogP contribution is -2.43. The van der Waals surface area contributed by atoms with Crippen molar-refractivity contribution in [3.05, 3.63) is 36.3 Å². The SMILES string of the molecule is CC1CCN(C(=O)CC(F)(F)F)CC1c1ccnc2cnc3[nH]ccc3c12. The lowest BCUT2D eigenvalue weighted by atomic mass is 9.80. The van der Waals surface area contributed by atoms with Crippen LogP contribution in [-0.4, -0.2) is 45.0 Å². The maximum atomic E-state index is 12.6. The highest BCUT2D eigenvalue weighted by Crippen LogP contribution is 2.38. The van der Waals surface area contributed by atoms with Crippen molar-refractivity contribution in [3.63, 3.8) is 0 Å². The Kier molecular flexibility index (Phi) is 4.28. The molecule has 0 spiro atoms. The molecular formula is C19H19F3N4O. The van der Waals surface area contributed by atoms with Gasteiger partial charge in [0.2, 0.25) is 5.91 Å². The van der Waals surface area contributed by atoms with Gasteiger partial charge in [0.05, 0.1) is 11.7 Å². The van der Waals surface area contributed by atoms with E-state index in [2.05, 4.69) is 21.9 Å². The van der Waals surface area contributed by atoms with Crippen LogP contribution < -0.4 is 0 Å². The number of piperidine rings is 1. The molecule has 4 heterocycles. The van der Waals surface area contributed by atoms with Crippen LogP contribution >= 0.6 is 0 Å². The molecule has 0 radical (unpaired) electrons. The van der Waals surface area contributed by atoms with E-state index in [0.717, 1.165) is 27.5 Å². The number of amides is 1. The summed E-state index contributed by atoms with van der Waals surface area (Å²) in [6.07, 6.45) is -0.0330. The number of hydrogen-bond acceptors (Lipinski definition) is 3. The minimum Gasteiger partial charge on any atom is -0.346 e. The lowest BCUT2D eigenvalue weighted by molar-refractivity contribution is -0.162. The van der Waals surface area contributed by atoms with Gasteiger partial charge in [-0.3, -0.25) is 9.78 Å². The summed E-state index contributed by atoms with van der Waals surface area (Å²) in [7, 11) is 0. The molecule has 1 N–H and O–H groups in total. The number of fused-ring (bicyclic) bond motifs is 3. The van der Waals surface area contributed by atoms with Crippen molar-refractivity contribution in [2.24, 2.45) is 5.92 Å². The summed E-state index contributed by atoms with van der Waals surface area (Å²) >= 11 is 0. The van der Waals surface area contributed by atoms with E-state index < -0.39 is 18.5 Å². The molecule has 0 aliphatic carbocycles. The number of halogens is 3. The number of H-pyrrole nitrogens is 1. The van der Waals surface area contributed by atoms with Crippen LogP contribution in [0.15, 0.2) is 30.7 Å². The predicted octanol–water partition coefficient (Wildman–Crippen LogP) is 4.02. The molecule has 1 saturated heterocycles. The van der Waals surface area contributed by atoms with Crippen LogP contribution in [0.1, 0.15) is 31.2 Å². The van der Waals surface area contributed by atoms with Gasteiger partial charge in [0.25, 0.3) is 0 Å². The molecule has 1 aliphatic rings. The number of nitrogens with one attached hydrogen (secondary N) is 1. The minimum atomic E-state index is -4.48. The first kappa shape index (κ1) is 17.8. The standard InChI is InChI=1S/C19H19F3N4O/c1-11-4-7-26(16(27)8-19(20,21)22)10-14(11)12-2-5-23-15-9-25-18-13(17(12)15)3-6-24-18/h2-3,5-6,9,11,14H,4,7-8,10H2,1H3,(H,24,25). The monoisotopic (exact) mass is 376 g/mol. The Morgan fingerprint density at radius 2 is 2.15 bits per heavy atom. The van der Waals surface area contributed by atoms with E-state index >= 15 is 0 Å². The van der Waals surface area contributed by atoms with E-state index in [-0.39, 0.29) is 18.4 Å². The molecule has 1 fully saturated rings. The number of carbonyl (C=O) groups excluding carboxylic acids is 1. The molecule has 2 atom stereocenters. The Balaban J connectivity index is 1.73. The molecule has 5 nitrogen and oxygen atoms in total. The largest absolute Gasteiger partial charge is 0.397 e. The van der Waals surface area contributed by atoms with Gasteiger partial charge in [-0.2, -0.15) is 13.2 Å². The normalized spacial score (nSPS) is 21.1. The van der Waals surface area contributed by atoms with E-state index in [1.807, 2.05) is 12.1 Å². The maximum absolute atomic E-state index is 12.6. The summed E-state index contributed by atoms with van der Waals surface area (Å²) in [5.74, 6) is -0.666.